The highest BCUT2D eigenvalue weighted by Crippen LogP contribution is 2.34. The van der Waals surface area contributed by atoms with Gasteiger partial charge in [-0.3, -0.25) is 0 Å². The number of nitrogens with zero attached hydrogens (tertiary/aromatic N) is 1. The minimum atomic E-state index is -1.14. The Kier molecular flexibility index (Phi) is 9.73. The van der Waals surface area contributed by atoms with Crippen molar-refractivity contribution in [3.63, 3.8) is 0 Å². The quantitative estimate of drug-likeness (QED) is 0.461. The van der Waals surface area contributed by atoms with Gasteiger partial charge in [0.25, 0.3) is 0 Å². The lowest BCUT2D eigenvalue weighted by Gasteiger charge is -2.43. The molecule has 0 aliphatic heterocycles. The van der Waals surface area contributed by atoms with Crippen LogP contribution in [0.15, 0.2) is 0 Å². The van der Waals surface area contributed by atoms with Crippen molar-refractivity contribution in [2.75, 3.05) is 20.6 Å². The summed E-state index contributed by atoms with van der Waals surface area (Å²) in [6.07, 6.45) is 1.16. The molecule has 0 radical (unpaired) electrons. The SMILES string of the molecule is CC(C)CC(CC[C@@H](CNC(=O)O)NC(=O)O)(CC(C)C)N(C)C. The molecule has 2 amide bonds. The van der Waals surface area contributed by atoms with Crippen molar-refractivity contribution in [2.24, 2.45) is 11.8 Å². The average molecular weight is 345 g/mol. The highest BCUT2D eigenvalue weighted by molar-refractivity contribution is 5.66. The van der Waals surface area contributed by atoms with E-state index in [-0.39, 0.29) is 12.1 Å². The molecule has 7 heteroatoms. The minimum Gasteiger partial charge on any atom is -0.465 e. The second-order valence-corrected chi connectivity index (χ2v) is 7.69. The van der Waals surface area contributed by atoms with E-state index in [1.165, 1.54) is 0 Å². The molecule has 0 unspecified atom stereocenters. The molecule has 0 aromatic rings. The monoisotopic (exact) mass is 345 g/mol. The molecule has 24 heavy (non-hydrogen) atoms. The molecule has 0 aliphatic carbocycles. The van der Waals surface area contributed by atoms with Crippen LogP contribution in [0.25, 0.3) is 0 Å². The number of carboxylic acid groups (broad SMARTS) is 2. The molecule has 1 atom stereocenters. The van der Waals surface area contributed by atoms with E-state index in [0.717, 1.165) is 19.3 Å². The Morgan fingerprint density at radius 2 is 1.50 bits per heavy atom. The summed E-state index contributed by atoms with van der Waals surface area (Å²) in [7, 11) is 4.14. The summed E-state index contributed by atoms with van der Waals surface area (Å²) in [5.41, 5.74) is -0.0238. The first-order valence-corrected chi connectivity index (χ1v) is 8.62. The van der Waals surface area contributed by atoms with E-state index < -0.39 is 18.2 Å². The third-order valence-corrected chi connectivity index (χ3v) is 4.31. The van der Waals surface area contributed by atoms with Gasteiger partial charge in [0, 0.05) is 18.1 Å². The van der Waals surface area contributed by atoms with E-state index >= 15 is 0 Å². The van der Waals surface area contributed by atoms with Crippen molar-refractivity contribution in [2.45, 2.75) is 65.0 Å². The van der Waals surface area contributed by atoms with Crippen molar-refractivity contribution >= 4 is 12.2 Å². The van der Waals surface area contributed by atoms with Crippen molar-refractivity contribution in [1.29, 1.82) is 0 Å². The Bertz CT molecular complexity index is 387. The number of nitrogens with one attached hydrogen (secondary N) is 2. The van der Waals surface area contributed by atoms with E-state index in [1.807, 2.05) is 0 Å². The largest absolute Gasteiger partial charge is 0.465 e. The molecule has 0 saturated carbocycles. The normalized spacial score (nSPS) is 13.4. The first kappa shape index (κ1) is 22.5. The average Bonchev–Trinajstić information content (AvgIpc) is 2.39. The first-order valence-electron chi connectivity index (χ1n) is 8.62. The molecule has 0 bridgehead atoms. The summed E-state index contributed by atoms with van der Waals surface area (Å²) < 4.78 is 0. The predicted molar refractivity (Wildman–Crippen MR) is 95.5 cm³/mol. The van der Waals surface area contributed by atoms with Crippen molar-refractivity contribution in [3.8, 4) is 0 Å². The lowest BCUT2D eigenvalue weighted by molar-refractivity contribution is 0.0793. The molecule has 0 aromatic carbocycles. The summed E-state index contributed by atoms with van der Waals surface area (Å²) in [5, 5.41) is 22.4. The second-order valence-electron chi connectivity index (χ2n) is 7.69. The molecule has 7 nitrogen and oxygen atoms in total. The molecular formula is C17H35N3O4. The van der Waals surface area contributed by atoms with Crippen LogP contribution in [0.5, 0.6) is 0 Å². The van der Waals surface area contributed by atoms with Gasteiger partial charge in [0.05, 0.1) is 0 Å². The third kappa shape index (κ3) is 8.96. The van der Waals surface area contributed by atoms with E-state index in [1.54, 1.807) is 0 Å². The Balaban J connectivity index is 5.12. The van der Waals surface area contributed by atoms with Crippen LogP contribution in [0.2, 0.25) is 0 Å². The van der Waals surface area contributed by atoms with Crippen LogP contribution in [0.3, 0.4) is 0 Å². The molecule has 142 valence electrons. The lowest BCUT2D eigenvalue weighted by Crippen LogP contribution is -2.49. The maximum absolute atomic E-state index is 11.0. The van der Waals surface area contributed by atoms with E-state index in [9.17, 15) is 9.59 Å². The molecular weight excluding hydrogens is 310 g/mol. The zero-order valence-corrected chi connectivity index (χ0v) is 15.9. The van der Waals surface area contributed by atoms with Gasteiger partial charge in [0.1, 0.15) is 0 Å². The third-order valence-electron chi connectivity index (χ3n) is 4.31. The van der Waals surface area contributed by atoms with Gasteiger partial charge >= 0.3 is 12.2 Å². The number of hydrogen-bond acceptors (Lipinski definition) is 3. The molecule has 4 N–H and O–H groups in total. The van der Waals surface area contributed by atoms with Crippen LogP contribution in [0.4, 0.5) is 9.59 Å². The zero-order chi connectivity index (χ0) is 18.9. The van der Waals surface area contributed by atoms with Gasteiger partial charge in [-0.2, -0.15) is 0 Å². The number of hydrogen-bond donors (Lipinski definition) is 4. The maximum atomic E-state index is 11.0. The molecule has 0 saturated heterocycles. The van der Waals surface area contributed by atoms with Crippen LogP contribution >= 0.6 is 0 Å². The standard InChI is InChI=1S/C17H35N3O4/c1-12(2)9-17(20(5)6,10-13(3)4)8-7-14(19-16(23)24)11-18-15(21)22/h12-14,18-19H,7-11H2,1-6H3,(H,21,22)(H,23,24)/t14-/m0/s1. The van der Waals surface area contributed by atoms with Gasteiger partial charge in [-0.15, -0.1) is 0 Å². The van der Waals surface area contributed by atoms with Crippen molar-refractivity contribution in [3.05, 3.63) is 0 Å². The van der Waals surface area contributed by atoms with E-state index in [4.69, 9.17) is 10.2 Å². The summed E-state index contributed by atoms with van der Waals surface area (Å²) in [5.74, 6) is 1.04. The topological polar surface area (TPSA) is 102 Å². The Labute approximate surface area is 145 Å². The molecule has 0 aliphatic rings. The van der Waals surface area contributed by atoms with Gasteiger partial charge < -0.3 is 25.7 Å². The van der Waals surface area contributed by atoms with Gasteiger partial charge in [-0.05, 0) is 51.6 Å². The number of carbonyl (C=O) groups is 2. The molecule has 0 spiro atoms. The summed E-state index contributed by atoms with van der Waals surface area (Å²) in [4.78, 5) is 23.9. The Morgan fingerprint density at radius 1 is 1.00 bits per heavy atom. The minimum absolute atomic E-state index is 0.0238. The fourth-order valence-electron chi connectivity index (χ4n) is 3.45. The van der Waals surface area contributed by atoms with Crippen LogP contribution < -0.4 is 10.6 Å². The fourth-order valence-corrected chi connectivity index (χ4v) is 3.45. The molecule has 0 aromatic heterocycles. The maximum Gasteiger partial charge on any atom is 0.404 e. The number of rotatable bonds is 11. The van der Waals surface area contributed by atoms with Crippen LogP contribution in [0, 0.1) is 11.8 Å². The number of amides is 2. The fraction of sp³-hybridized carbons (Fsp3) is 0.882. The van der Waals surface area contributed by atoms with Gasteiger partial charge in [0.2, 0.25) is 0 Å². The lowest BCUT2D eigenvalue weighted by atomic mass is 9.77. The summed E-state index contributed by atoms with van der Waals surface area (Å²) >= 11 is 0. The Morgan fingerprint density at radius 3 is 1.83 bits per heavy atom. The molecule has 0 fully saturated rings. The predicted octanol–water partition coefficient (Wildman–Crippen LogP) is 3.06. The first-order chi connectivity index (χ1) is 11.0. The zero-order valence-electron chi connectivity index (χ0n) is 15.9. The molecule has 0 rings (SSSR count). The van der Waals surface area contributed by atoms with Crippen molar-refractivity contribution < 1.29 is 19.8 Å². The molecule has 0 heterocycles. The van der Waals surface area contributed by atoms with Crippen LogP contribution in [-0.2, 0) is 0 Å². The summed E-state index contributed by atoms with van der Waals surface area (Å²) in [6.45, 7) is 8.85. The van der Waals surface area contributed by atoms with Gasteiger partial charge in [-0.25, -0.2) is 9.59 Å². The van der Waals surface area contributed by atoms with Crippen molar-refractivity contribution in [1.82, 2.24) is 15.5 Å². The van der Waals surface area contributed by atoms with E-state index in [2.05, 4.69) is 57.3 Å². The highest BCUT2D eigenvalue weighted by Gasteiger charge is 2.34. The smallest absolute Gasteiger partial charge is 0.404 e. The van der Waals surface area contributed by atoms with Crippen LogP contribution in [-0.4, -0.2) is 59.5 Å². The summed E-state index contributed by atoms with van der Waals surface area (Å²) in [6, 6.07) is -0.433. The Hall–Kier alpha value is -1.50. The second kappa shape index (κ2) is 10.4. The van der Waals surface area contributed by atoms with E-state index in [0.29, 0.717) is 18.3 Å². The van der Waals surface area contributed by atoms with Gasteiger partial charge in [-0.1, -0.05) is 27.7 Å². The highest BCUT2D eigenvalue weighted by atomic mass is 16.4. The van der Waals surface area contributed by atoms with Crippen LogP contribution in [0.1, 0.15) is 53.4 Å². The van der Waals surface area contributed by atoms with Gasteiger partial charge in [0.15, 0.2) is 0 Å².